The minimum atomic E-state index is -3.83. The molecule has 1 N–H and O–H groups in total. The monoisotopic (exact) mass is 505 g/mol. The van der Waals surface area contributed by atoms with Crippen molar-refractivity contribution in [1.82, 2.24) is 19.9 Å². The number of nitrogens with one attached hydrogen (secondary N) is 1. The molecule has 0 bridgehead atoms. The molecule has 3 heterocycles. The van der Waals surface area contributed by atoms with E-state index in [-0.39, 0.29) is 10.7 Å². The van der Waals surface area contributed by atoms with E-state index in [9.17, 15) is 8.42 Å². The summed E-state index contributed by atoms with van der Waals surface area (Å²) in [5.41, 5.74) is 1.34. The van der Waals surface area contributed by atoms with Gasteiger partial charge in [-0.05, 0) is 54.5 Å². The quantitative estimate of drug-likeness (QED) is 0.361. The highest BCUT2D eigenvalue weighted by Crippen LogP contribution is 2.35. The molecule has 0 radical (unpaired) electrons. The van der Waals surface area contributed by atoms with Crippen molar-refractivity contribution in [2.75, 3.05) is 18.4 Å². The van der Waals surface area contributed by atoms with Gasteiger partial charge in [-0.25, -0.2) is 18.4 Å². The summed E-state index contributed by atoms with van der Waals surface area (Å²) in [7, 11) is -2.27. The Morgan fingerprint density at radius 2 is 1.86 bits per heavy atom. The first-order chi connectivity index (χ1) is 17.5. The van der Waals surface area contributed by atoms with E-state index in [1.54, 1.807) is 37.6 Å². The van der Waals surface area contributed by atoms with Gasteiger partial charge in [0.15, 0.2) is 0 Å². The van der Waals surface area contributed by atoms with Gasteiger partial charge in [0, 0.05) is 23.8 Å². The van der Waals surface area contributed by atoms with Gasteiger partial charge in [0.2, 0.25) is 11.8 Å². The van der Waals surface area contributed by atoms with Crippen LogP contribution in [0.5, 0.6) is 11.8 Å². The van der Waals surface area contributed by atoms with Crippen molar-refractivity contribution in [3.8, 4) is 23.0 Å². The van der Waals surface area contributed by atoms with E-state index in [0.29, 0.717) is 40.9 Å². The molecule has 1 aliphatic carbocycles. The number of sulfonamides is 1. The highest BCUT2D eigenvalue weighted by molar-refractivity contribution is 7.92. The Morgan fingerprint density at radius 3 is 2.64 bits per heavy atom. The third-order valence-electron chi connectivity index (χ3n) is 6.34. The molecule has 3 aromatic heterocycles. The Morgan fingerprint density at radius 1 is 1.00 bits per heavy atom. The van der Waals surface area contributed by atoms with Gasteiger partial charge in [0.1, 0.15) is 12.1 Å². The van der Waals surface area contributed by atoms with Crippen LogP contribution in [0.15, 0.2) is 66.1 Å². The second-order valence-electron chi connectivity index (χ2n) is 8.76. The van der Waals surface area contributed by atoms with Crippen molar-refractivity contribution in [2.24, 2.45) is 5.92 Å². The number of hydrogen-bond donors (Lipinski definition) is 1. The van der Waals surface area contributed by atoms with Crippen LogP contribution in [-0.4, -0.2) is 42.1 Å². The molecule has 0 amide bonds. The van der Waals surface area contributed by atoms with Crippen molar-refractivity contribution in [3.05, 3.63) is 61.2 Å². The number of pyridine rings is 2. The number of anilines is 1. The van der Waals surface area contributed by atoms with Crippen LogP contribution < -0.4 is 14.2 Å². The van der Waals surface area contributed by atoms with E-state index in [2.05, 4.69) is 24.7 Å². The summed E-state index contributed by atoms with van der Waals surface area (Å²) in [6, 6.07) is 11.8. The Hall–Kier alpha value is -3.79. The van der Waals surface area contributed by atoms with E-state index in [1.165, 1.54) is 50.7 Å². The number of ether oxygens (including phenoxy) is 2. The first kappa shape index (κ1) is 23.9. The SMILES string of the molecule is COc1nc(OCC2CCCCC2)ccc1-c1nccc2cc(S(=O)(=O)Nc3ccncn3)ccc12. The van der Waals surface area contributed by atoms with Gasteiger partial charge in [0.05, 0.1) is 29.9 Å². The highest BCUT2D eigenvalue weighted by Gasteiger charge is 2.19. The van der Waals surface area contributed by atoms with Gasteiger partial charge >= 0.3 is 0 Å². The molecule has 1 aliphatic rings. The van der Waals surface area contributed by atoms with Gasteiger partial charge in [-0.1, -0.05) is 25.3 Å². The van der Waals surface area contributed by atoms with Crippen LogP contribution in [0, 0.1) is 5.92 Å². The van der Waals surface area contributed by atoms with E-state index >= 15 is 0 Å². The summed E-state index contributed by atoms with van der Waals surface area (Å²) >= 11 is 0. The molecule has 1 aromatic carbocycles. The van der Waals surface area contributed by atoms with Crippen molar-refractivity contribution in [2.45, 2.75) is 37.0 Å². The van der Waals surface area contributed by atoms with Crippen LogP contribution in [-0.2, 0) is 10.0 Å². The molecule has 9 nitrogen and oxygen atoms in total. The molecule has 0 saturated heterocycles. The first-order valence-electron chi connectivity index (χ1n) is 11.9. The van der Waals surface area contributed by atoms with Crippen molar-refractivity contribution in [3.63, 3.8) is 0 Å². The Kier molecular flexibility index (Phi) is 6.95. The summed E-state index contributed by atoms with van der Waals surface area (Å²) in [6.45, 7) is 0.655. The fraction of sp³-hybridized carbons (Fsp3) is 0.308. The number of aromatic nitrogens is 4. The minimum absolute atomic E-state index is 0.113. The molecule has 1 fully saturated rings. The molecule has 36 heavy (non-hydrogen) atoms. The highest BCUT2D eigenvalue weighted by atomic mass is 32.2. The van der Waals surface area contributed by atoms with Crippen LogP contribution >= 0.6 is 0 Å². The second-order valence-corrected chi connectivity index (χ2v) is 10.4. The van der Waals surface area contributed by atoms with Crippen molar-refractivity contribution < 1.29 is 17.9 Å². The van der Waals surface area contributed by atoms with E-state index in [0.717, 1.165) is 5.39 Å². The summed E-state index contributed by atoms with van der Waals surface area (Å²) in [5, 5.41) is 1.49. The minimum Gasteiger partial charge on any atom is -0.480 e. The molecule has 0 aliphatic heterocycles. The molecule has 186 valence electrons. The average molecular weight is 506 g/mol. The topological polar surface area (TPSA) is 116 Å². The summed E-state index contributed by atoms with van der Waals surface area (Å²) < 4.78 is 39.8. The smallest absolute Gasteiger partial charge is 0.263 e. The Labute approximate surface area is 210 Å². The predicted octanol–water partition coefficient (Wildman–Crippen LogP) is 4.86. The van der Waals surface area contributed by atoms with Crippen LogP contribution in [0.1, 0.15) is 32.1 Å². The number of nitrogens with zero attached hydrogens (tertiary/aromatic N) is 4. The molecule has 0 atom stereocenters. The third-order valence-corrected chi connectivity index (χ3v) is 7.69. The lowest BCUT2D eigenvalue weighted by Crippen LogP contribution is -2.15. The fourth-order valence-electron chi connectivity index (χ4n) is 4.48. The third kappa shape index (κ3) is 5.23. The fourth-order valence-corrected chi connectivity index (χ4v) is 5.53. The number of methoxy groups -OCH3 is 1. The van der Waals surface area contributed by atoms with Gasteiger partial charge < -0.3 is 9.47 Å². The zero-order valence-electron chi connectivity index (χ0n) is 19.9. The zero-order valence-corrected chi connectivity index (χ0v) is 20.7. The number of hydrogen-bond acceptors (Lipinski definition) is 8. The molecule has 10 heteroatoms. The van der Waals surface area contributed by atoms with Crippen LogP contribution in [0.3, 0.4) is 0 Å². The summed E-state index contributed by atoms with van der Waals surface area (Å²) in [4.78, 5) is 17.0. The molecular weight excluding hydrogens is 478 g/mol. The van der Waals surface area contributed by atoms with E-state index < -0.39 is 10.0 Å². The molecule has 1 saturated carbocycles. The summed E-state index contributed by atoms with van der Waals surface area (Å²) in [6.07, 6.45) is 10.6. The lowest BCUT2D eigenvalue weighted by atomic mass is 9.90. The number of rotatable bonds is 8. The predicted molar refractivity (Wildman–Crippen MR) is 136 cm³/mol. The largest absolute Gasteiger partial charge is 0.480 e. The van der Waals surface area contributed by atoms with E-state index in [1.807, 2.05) is 12.1 Å². The first-order valence-corrected chi connectivity index (χ1v) is 13.4. The van der Waals surface area contributed by atoms with Gasteiger partial charge in [0.25, 0.3) is 10.0 Å². The second kappa shape index (κ2) is 10.4. The number of benzene rings is 1. The van der Waals surface area contributed by atoms with Crippen molar-refractivity contribution in [1.29, 1.82) is 0 Å². The van der Waals surface area contributed by atoms with Crippen LogP contribution in [0.2, 0.25) is 0 Å². The Balaban J connectivity index is 1.42. The van der Waals surface area contributed by atoms with Crippen LogP contribution in [0.25, 0.3) is 22.0 Å². The van der Waals surface area contributed by atoms with Crippen molar-refractivity contribution >= 4 is 26.6 Å². The van der Waals surface area contributed by atoms with Gasteiger partial charge in [-0.2, -0.15) is 4.98 Å². The van der Waals surface area contributed by atoms with Crippen LogP contribution in [0.4, 0.5) is 5.82 Å². The maximum Gasteiger partial charge on any atom is 0.263 e. The van der Waals surface area contributed by atoms with Gasteiger partial charge in [-0.15, -0.1) is 0 Å². The zero-order chi connectivity index (χ0) is 25.0. The maximum atomic E-state index is 12.9. The Bertz CT molecular complexity index is 1460. The molecule has 5 rings (SSSR count). The lowest BCUT2D eigenvalue weighted by molar-refractivity contribution is 0.201. The lowest BCUT2D eigenvalue weighted by Gasteiger charge is -2.21. The normalized spacial score (nSPS) is 14.5. The van der Waals surface area contributed by atoms with Gasteiger partial charge in [-0.3, -0.25) is 9.71 Å². The van der Waals surface area contributed by atoms with E-state index in [4.69, 9.17) is 9.47 Å². The molecule has 0 unspecified atom stereocenters. The average Bonchev–Trinajstić information content (AvgIpc) is 2.92. The molecular formula is C26H27N5O4S. The standard InChI is InChI=1S/C26H27N5O4S/c1-34-26-22(9-10-24(30-26)35-16-18-5-3-2-4-6-18)25-21-8-7-20(15-19(21)11-14-28-25)36(32,33)31-23-12-13-27-17-29-23/h7-15,17-18H,2-6,16H2,1H3,(H,27,29,31). The number of fused-ring (bicyclic) bond motifs is 1. The summed E-state index contributed by atoms with van der Waals surface area (Å²) in [5.74, 6) is 1.69. The maximum absolute atomic E-state index is 12.9. The molecule has 4 aromatic rings. The molecule has 0 spiro atoms.